The number of carbonyl (C=O) groups is 3. The molecular weight excluding hydrogens is 394 g/mol. The summed E-state index contributed by atoms with van der Waals surface area (Å²) in [5.74, 6) is -0.378. The third-order valence-corrected chi connectivity index (χ3v) is 4.91. The predicted octanol–water partition coefficient (Wildman–Crippen LogP) is 3.56. The van der Waals surface area contributed by atoms with Crippen LogP contribution in [0.2, 0.25) is 0 Å². The number of rotatable bonds is 6. The molecule has 0 bridgehead atoms. The monoisotopic (exact) mass is 413 g/mol. The number of anilines is 2. The van der Waals surface area contributed by atoms with Crippen LogP contribution in [0, 0.1) is 0 Å². The molecule has 0 aliphatic carbocycles. The number of methoxy groups -OCH3 is 1. The van der Waals surface area contributed by atoms with Crippen molar-refractivity contribution in [3.63, 3.8) is 0 Å². The number of thiophene rings is 1. The second-order valence-electron chi connectivity index (χ2n) is 6.16. The Morgan fingerprint density at radius 2 is 1.83 bits per heavy atom. The molecule has 3 rings (SSSR count). The van der Waals surface area contributed by atoms with Crippen LogP contribution in [0.15, 0.2) is 53.1 Å². The molecule has 2 aromatic heterocycles. The molecule has 2 N–H and O–H groups in total. The lowest BCUT2D eigenvalue weighted by Gasteiger charge is -2.14. The molecule has 2 heterocycles. The van der Waals surface area contributed by atoms with Crippen LogP contribution in [-0.2, 0) is 0 Å². The van der Waals surface area contributed by atoms with E-state index in [1.165, 1.54) is 18.3 Å². The van der Waals surface area contributed by atoms with Crippen molar-refractivity contribution in [3.8, 4) is 5.75 Å². The standard InChI is InChI=1S/C20H19N3O5S/c1-23(2)20(26)12-6-7-14(27-3)13(11-12)21-19(25)16-8-9-17(29-16)22-18(24)15-5-4-10-28-15/h4-11H,1-3H3,(H,21,25)(H,22,24). The van der Waals surface area contributed by atoms with Gasteiger partial charge in [-0.05, 0) is 42.5 Å². The van der Waals surface area contributed by atoms with Gasteiger partial charge in [-0.3, -0.25) is 14.4 Å². The minimum atomic E-state index is -0.402. The Morgan fingerprint density at radius 1 is 1.03 bits per heavy atom. The van der Waals surface area contributed by atoms with Crippen molar-refractivity contribution < 1.29 is 23.5 Å². The molecule has 0 aliphatic heterocycles. The molecule has 0 saturated carbocycles. The molecule has 0 spiro atoms. The van der Waals surface area contributed by atoms with Gasteiger partial charge in [0.25, 0.3) is 17.7 Å². The van der Waals surface area contributed by atoms with Crippen LogP contribution >= 0.6 is 11.3 Å². The molecule has 3 amide bonds. The fraction of sp³-hybridized carbons (Fsp3) is 0.150. The second-order valence-corrected chi connectivity index (χ2v) is 7.25. The van der Waals surface area contributed by atoms with E-state index in [4.69, 9.17) is 9.15 Å². The molecule has 150 valence electrons. The highest BCUT2D eigenvalue weighted by atomic mass is 32.1. The quantitative estimate of drug-likeness (QED) is 0.644. The highest BCUT2D eigenvalue weighted by Gasteiger charge is 2.17. The topological polar surface area (TPSA) is 101 Å². The molecule has 9 heteroatoms. The molecule has 0 aliphatic rings. The van der Waals surface area contributed by atoms with E-state index in [0.29, 0.717) is 26.9 Å². The van der Waals surface area contributed by atoms with Gasteiger partial charge < -0.3 is 24.7 Å². The smallest absolute Gasteiger partial charge is 0.291 e. The highest BCUT2D eigenvalue weighted by Crippen LogP contribution is 2.28. The first-order valence-electron chi connectivity index (χ1n) is 8.54. The summed E-state index contributed by atoms with van der Waals surface area (Å²) in [6, 6.07) is 11.2. The van der Waals surface area contributed by atoms with Gasteiger partial charge in [0.1, 0.15) is 5.75 Å². The number of hydrogen-bond donors (Lipinski definition) is 2. The first-order chi connectivity index (χ1) is 13.9. The van der Waals surface area contributed by atoms with Crippen molar-refractivity contribution in [1.29, 1.82) is 0 Å². The van der Waals surface area contributed by atoms with E-state index in [2.05, 4.69) is 10.6 Å². The Bertz CT molecular complexity index is 1040. The average Bonchev–Trinajstić information content (AvgIpc) is 3.39. The van der Waals surface area contributed by atoms with Crippen molar-refractivity contribution >= 4 is 39.7 Å². The van der Waals surface area contributed by atoms with Crippen LogP contribution in [0.3, 0.4) is 0 Å². The van der Waals surface area contributed by atoms with E-state index in [1.54, 1.807) is 56.6 Å². The highest BCUT2D eigenvalue weighted by molar-refractivity contribution is 7.18. The normalized spacial score (nSPS) is 10.3. The number of benzene rings is 1. The van der Waals surface area contributed by atoms with Gasteiger partial charge >= 0.3 is 0 Å². The second kappa shape index (κ2) is 8.61. The largest absolute Gasteiger partial charge is 0.495 e. The van der Waals surface area contributed by atoms with Gasteiger partial charge in [0.15, 0.2) is 5.76 Å². The minimum Gasteiger partial charge on any atom is -0.495 e. The van der Waals surface area contributed by atoms with E-state index in [0.717, 1.165) is 11.3 Å². The number of amides is 3. The molecule has 0 unspecified atom stereocenters. The number of ether oxygens (including phenoxy) is 1. The third kappa shape index (κ3) is 4.64. The Kier molecular flexibility index (Phi) is 5.99. The summed E-state index contributed by atoms with van der Waals surface area (Å²) in [5, 5.41) is 5.92. The van der Waals surface area contributed by atoms with E-state index in [-0.39, 0.29) is 17.6 Å². The zero-order valence-electron chi connectivity index (χ0n) is 16.0. The summed E-state index contributed by atoms with van der Waals surface area (Å²) in [5.41, 5.74) is 0.795. The lowest BCUT2D eigenvalue weighted by atomic mass is 10.1. The van der Waals surface area contributed by atoms with E-state index in [9.17, 15) is 14.4 Å². The van der Waals surface area contributed by atoms with E-state index in [1.807, 2.05) is 0 Å². The van der Waals surface area contributed by atoms with Crippen LogP contribution in [-0.4, -0.2) is 43.8 Å². The number of furan rings is 1. The Labute approximate surface area is 171 Å². The molecule has 1 aromatic carbocycles. The Balaban J connectivity index is 1.75. The minimum absolute atomic E-state index is 0.177. The zero-order valence-corrected chi connectivity index (χ0v) is 16.8. The first kappa shape index (κ1) is 20.2. The zero-order chi connectivity index (χ0) is 21.0. The van der Waals surface area contributed by atoms with Crippen LogP contribution in [0.1, 0.15) is 30.6 Å². The molecule has 3 aromatic rings. The van der Waals surface area contributed by atoms with Crippen LogP contribution < -0.4 is 15.4 Å². The summed E-state index contributed by atoms with van der Waals surface area (Å²) in [7, 11) is 4.77. The maximum absolute atomic E-state index is 12.6. The van der Waals surface area contributed by atoms with Gasteiger partial charge in [-0.25, -0.2) is 0 Å². The van der Waals surface area contributed by atoms with Crippen molar-refractivity contribution in [2.45, 2.75) is 0 Å². The lowest BCUT2D eigenvalue weighted by molar-refractivity contribution is 0.0827. The lowest BCUT2D eigenvalue weighted by Crippen LogP contribution is -2.22. The fourth-order valence-electron chi connectivity index (χ4n) is 2.49. The van der Waals surface area contributed by atoms with Crippen molar-refractivity contribution in [2.75, 3.05) is 31.8 Å². The maximum atomic E-state index is 12.6. The van der Waals surface area contributed by atoms with Crippen LogP contribution in [0.25, 0.3) is 0 Å². The maximum Gasteiger partial charge on any atom is 0.291 e. The summed E-state index contributed by atoms with van der Waals surface area (Å²) in [6.07, 6.45) is 1.41. The van der Waals surface area contributed by atoms with Gasteiger partial charge in [0.05, 0.1) is 28.9 Å². The molecule has 0 fully saturated rings. The van der Waals surface area contributed by atoms with E-state index >= 15 is 0 Å². The molecule has 0 saturated heterocycles. The van der Waals surface area contributed by atoms with Gasteiger partial charge in [0.2, 0.25) is 0 Å². The SMILES string of the molecule is COc1ccc(C(=O)N(C)C)cc1NC(=O)c1ccc(NC(=O)c2ccco2)s1. The Hall–Kier alpha value is -3.59. The summed E-state index contributed by atoms with van der Waals surface area (Å²) in [6.45, 7) is 0. The molecule has 0 atom stereocenters. The van der Waals surface area contributed by atoms with E-state index < -0.39 is 5.91 Å². The summed E-state index contributed by atoms with van der Waals surface area (Å²) in [4.78, 5) is 38.7. The van der Waals surface area contributed by atoms with Crippen molar-refractivity contribution in [3.05, 3.63) is 64.9 Å². The summed E-state index contributed by atoms with van der Waals surface area (Å²) < 4.78 is 10.3. The Morgan fingerprint density at radius 3 is 2.48 bits per heavy atom. The molecular formula is C20H19N3O5S. The molecule has 8 nitrogen and oxygen atoms in total. The number of nitrogens with zero attached hydrogens (tertiary/aromatic N) is 1. The molecule has 29 heavy (non-hydrogen) atoms. The number of nitrogens with one attached hydrogen (secondary N) is 2. The van der Waals surface area contributed by atoms with Gasteiger partial charge in [-0.1, -0.05) is 0 Å². The van der Waals surface area contributed by atoms with Crippen molar-refractivity contribution in [2.24, 2.45) is 0 Å². The fourth-order valence-corrected chi connectivity index (χ4v) is 3.29. The first-order valence-corrected chi connectivity index (χ1v) is 9.36. The number of carbonyl (C=O) groups excluding carboxylic acids is 3. The van der Waals surface area contributed by atoms with Gasteiger partial charge in [-0.15, -0.1) is 11.3 Å². The number of hydrogen-bond acceptors (Lipinski definition) is 6. The average molecular weight is 413 g/mol. The van der Waals surface area contributed by atoms with Gasteiger partial charge in [-0.2, -0.15) is 0 Å². The van der Waals surface area contributed by atoms with Crippen LogP contribution in [0.4, 0.5) is 10.7 Å². The predicted molar refractivity (Wildman–Crippen MR) is 110 cm³/mol. The van der Waals surface area contributed by atoms with Crippen molar-refractivity contribution in [1.82, 2.24) is 4.90 Å². The molecule has 0 radical (unpaired) electrons. The van der Waals surface area contributed by atoms with Gasteiger partial charge in [0, 0.05) is 19.7 Å². The third-order valence-electron chi connectivity index (χ3n) is 3.91. The summed E-state index contributed by atoms with van der Waals surface area (Å²) >= 11 is 1.11. The van der Waals surface area contributed by atoms with Crippen LogP contribution in [0.5, 0.6) is 5.75 Å².